The second-order valence-corrected chi connectivity index (χ2v) is 3.82. The SMILES string of the molecule is NC(=S)N/N=C\c1ncc(N)c2ccccc12. The summed E-state index contributed by atoms with van der Waals surface area (Å²) in [5, 5.41) is 5.86. The first-order valence-electron chi connectivity index (χ1n) is 4.90. The van der Waals surface area contributed by atoms with Gasteiger partial charge in [-0.15, -0.1) is 0 Å². The fourth-order valence-corrected chi connectivity index (χ4v) is 1.55. The number of nitrogens with zero attached hydrogens (tertiary/aromatic N) is 2. The number of nitrogens with two attached hydrogens (primary N) is 2. The molecule has 5 N–H and O–H groups in total. The molecule has 0 radical (unpaired) electrons. The van der Waals surface area contributed by atoms with Crippen LogP contribution in [0.4, 0.5) is 5.69 Å². The van der Waals surface area contributed by atoms with E-state index < -0.39 is 0 Å². The second-order valence-electron chi connectivity index (χ2n) is 3.38. The van der Waals surface area contributed by atoms with Gasteiger partial charge in [0.1, 0.15) is 0 Å². The highest BCUT2D eigenvalue weighted by molar-refractivity contribution is 7.80. The molecule has 0 bridgehead atoms. The van der Waals surface area contributed by atoms with Crippen LogP contribution in [0.2, 0.25) is 0 Å². The van der Waals surface area contributed by atoms with Gasteiger partial charge in [0.2, 0.25) is 0 Å². The van der Waals surface area contributed by atoms with Crippen molar-refractivity contribution >= 4 is 40.0 Å². The predicted molar refractivity (Wildman–Crippen MR) is 73.7 cm³/mol. The van der Waals surface area contributed by atoms with Gasteiger partial charge in [-0.1, -0.05) is 24.3 Å². The van der Waals surface area contributed by atoms with Crippen LogP contribution in [0.15, 0.2) is 35.6 Å². The van der Waals surface area contributed by atoms with Crippen LogP contribution >= 0.6 is 12.2 Å². The third-order valence-electron chi connectivity index (χ3n) is 2.22. The average molecular weight is 245 g/mol. The number of thiocarbonyl (C=S) groups is 1. The number of hydrazone groups is 1. The Morgan fingerprint density at radius 3 is 2.76 bits per heavy atom. The first-order valence-corrected chi connectivity index (χ1v) is 5.31. The summed E-state index contributed by atoms with van der Waals surface area (Å²) in [6, 6.07) is 7.71. The Bertz CT molecular complexity index is 593. The third-order valence-corrected chi connectivity index (χ3v) is 2.31. The zero-order chi connectivity index (χ0) is 12.3. The molecule has 0 atom stereocenters. The van der Waals surface area contributed by atoms with Gasteiger partial charge < -0.3 is 11.5 Å². The summed E-state index contributed by atoms with van der Waals surface area (Å²) in [6.07, 6.45) is 3.16. The van der Waals surface area contributed by atoms with E-state index in [0.29, 0.717) is 11.4 Å². The molecule has 0 aliphatic heterocycles. The number of fused-ring (bicyclic) bond motifs is 1. The van der Waals surface area contributed by atoms with Crippen molar-refractivity contribution in [2.75, 3.05) is 5.73 Å². The van der Waals surface area contributed by atoms with Gasteiger partial charge in [0.15, 0.2) is 5.11 Å². The zero-order valence-electron chi connectivity index (χ0n) is 8.92. The summed E-state index contributed by atoms with van der Waals surface area (Å²) < 4.78 is 0. The lowest BCUT2D eigenvalue weighted by Gasteiger charge is -2.03. The molecule has 0 saturated heterocycles. The number of hydrogen-bond donors (Lipinski definition) is 3. The molecule has 2 rings (SSSR count). The topological polar surface area (TPSA) is 89.3 Å². The van der Waals surface area contributed by atoms with Crippen molar-refractivity contribution in [1.82, 2.24) is 10.4 Å². The lowest BCUT2D eigenvalue weighted by atomic mass is 10.1. The first kappa shape index (κ1) is 11.3. The highest BCUT2D eigenvalue weighted by atomic mass is 32.1. The van der Waals surface area contributed by atoms with Crippen LogP contribution in [-0.4, -0.2) is 16.3 Å². The molecule has 0 fully saturated rings. The molecule has 1 heterocycles. The third kappa shape index (κ3) is 2.48. The van der Waals surface area contributed by atoms with Crippen LogP contribution in [0, 0.1) is 0 Å². The van der Waals surface area contributed by atoms with Crippen molar-refractivity contribution in [3.8, 4) is 0 Å². The van der Waals surface area contributed by atoms with E-state index in [9.17, 15) is 0 Å². The summed E-state index contributed by atoms with van der Waals surface area (Å²) in [7, 11) is 0. The Kier molecular flexibility index (Phi) is 3.15. The molecule has 0 amide bonds. The van der Waals surface area contributed by atoms with E-state index >= 15 is 0 Å². The summed E-state index contributed by atoms with van der Waals surface area (Å²) >= 11 is 4.64. The molecule has 1 aromatic carbocycles. The minimum Gasteiger partial charge on any atom is -0.397 e. The minimum atomic E-state index is 0.112. The van der Waals surface area contributed by atoms with E-state index in [1.807, 2.05) is 24.3 Å². The molecule has 6 heteroatoms. The molecular weight excluding hydrogens is 234 g/mol. The number of anilines is 1. The number of pyridine rings is 1. The van der Waals surface area contributed by atoms with Crippen molar-refractivity contribution in [1.29, 1.82) is 0 Å². The molecule has 17 heavy (non-hydrogen) atoms. The predicted octanol–water partition coefficient (Wildman–Crippen LogP) is 0.984. The zero-order valence-corrected chi connectivity index (χ0v) is 9.74. The molecule has 86 valence electrons. The minimum absolute atomic E-state index is 0.112. The molecule has 0 aliphatic rings. The average Bonchev–Trinajstić information content (AvgIpc) is 2.32. The normalized spacial score (nSPS) is 10.8. The van der Waals surface area contributed by atoms with Gasteiger partial charge in [0, 0.05) is 10.8 Å². The van der Waals surface area contributed by atoms with Gasteiger partial charge >= 0.3 is 0 Å². The molecular formula is C11H11N5S. The maximum Gasteiger partial charge on any atom is 0.184 e. The van der Waals surface area contributed by atoms with E-state index in [2.05, 4.69) is 27.7 Å². The van der Waals surface area contributed by atoms with Crippen molar-refractivity contribution in [2.45, 2.75) is 0 Å². The number of nitrogens with one attached hydrogen (secondary N) is 1. The fourth-order valence-electron chi connectivity index (χ4n) is 1.50. The van der Waals surface area contributed by atoms with Gasteiger partial charge in [0.05, 0.1) is 23.8 Å². The molecule has 5 nitrogen and oxygen atoms in total. The molecule has 2 aromatic rings. The van der Waals surface area contributed by atoms with E-state index in [1.165, 1.54) is 0 Å². The van der Waals surface area contributed by atoms with E-state index in [0.717, 1.165) is 10.8 Å². The van der Waals surface area contributed by atoms with E-state index in [4.69, 9.17) is 11.5 Å². The Morgan fingerprint density at radius 1 is 1.35 bits per heavy atom. The number of rotatable bonds is 2. The van der Waals surface area contributed by atoms with Crippen LogP contribution < -0.4 is 16.9 Å². The first-order chi connectivity index (χ1) is 8.18. The second kappa shape index (κ2) is 4.75. The van der Waals surface area contributed by atoms with Crippen molar-refractivity contribution in [3.05, 3.63) is 36.2 Å². The van der Waals surface area contributed by atoms with Crippen molar-refractivity contribution in [3.63, 3.8) is 0 Å². The van der Waals surface area contributed by atoms with Gasteiger partial charge in [-0.05, 0) is 12.2 Å². The quantitative estimate of drug-likeness (QED) is 0.417. The van der Waals surface area contributed by atoms with Crippen molar-refractivity contribution < 1.29 is 0 Å². The Balaban J connectivity index is 2.45. The highest BCUT2D eigenvalue weighted by Crippen LogP contribution is 2.21. The van der Waals surface area contributed by atoms with E-state index in [-0.39, 0.29) is 5.11 Å². The van der Waals surface area contributed by atoms with Gasteiger partial charge in [-0.3, -0.25) is 10.4 Å². The number of benzene rings is 1. The monoisotopic (exact) mass is 245 g/mol. The summed E-state index contributed by atoms with van der Waals surface area (Å²) in [5.41, 5.74) is 14.9. The van der Waals surface area contributed by atoms with Crippen LogP contribution in [0.5, 0.6) is 0 Å². The molecule has 0 saturated carbocycles. The highest BCUT2D eigenvalue weighted by Gasteiger charge is 2.02. The van der Waals surface area contributed by atoms with E-state index in [1.54, 1.807) is 12.4 Å². The fraction of sp³-hybridized carbons (Fsp3) is 0. The maximum absolute atomic E-state index is 5.84. The molecule has 0 unspecified atom stereocenters. The smallest absolute Gasteiger partial charge is 0.184 e. The lowest BCUT2D eigenvalue weighted by Crippen LogP contribution is -2.24. The molecule has 1 aromatic heterocycles. The van der Waals surface area contributed by atoms with Gasteiger partial charge in [-0.25, -0.2) is 0 Å². The van der Waals surface area contributed by atoms with Crippen LogP contribution in [0.1, 0.15) is 5.69 Å². The molecule has 0 spiro atoms. The lowest BCUT2D eigenvalue weighted by molar-refractivity contribution is 1.04. The number of nitrogen functional groups attached to an aromatic ring is 1. The Morgan fingerprint density at radius 2 is 2.06 bits per heavy atom. The summed E-state index contributed by atoms with van der Waals surface area (Å²) in [4.78, 5) is 4.20. The largest absolute Gasteiger partial charge is 0.397 e. The van der Waals surface area contributed by atoms with Crippen LogP contribution in [0.3, 0.4) is 0 Å². The number of aromatic nitrogens is 1. The summed E-state index contributed by atoms with van der Waals surface area (Å²) in [6.45, 7) is 0. The van der Waals surface area contributed by atoms with Crippen LogP contribution in [-0.2, 0) is 0 Å². The van der Waals surface area contributed by atoms with Crippen LogP contribution in [0.25, 0.3) is 10.8 Å². The Hall–Kier alpha value is -2.21. The standard InChI is InChI=1S/C11H11N5S/c12-9-5-14-10(6-15-16-11(13)17)8-4-2-1-3-7(8)9/h1-6H,12H2,(H3,13,16,17)/b15-6-. The van der Waals surface area contributed by atoms with Gasteiger partial charge in [0.25, 0.3) is 0 Å². The van der Waals surface area contributed by atoms with Crippen molar-refractivity contribution in [2.24, 2.45) is 10.8 Å². The van der Waals surface area contributed by atoms with Gasteiger partial charge in [-0.2, -0.15) is 5.10 Å². The molecule has 0 aliphatic carbocycles. The number of hydrogen-bond acceptors (Lipinski definition) is 4. The summed E-state index contributed by atoms with van der Waals surface area (Å²) in [5.74, 6) is 0. The Labute approximate surface area is 104 Å². The maximum atomic E-state index is 5.84.